The number of halogens is 3. The van der Waals surface area contributed by atoms with Crippen LogP contribution in [0.15, 0.2) is 95.9 Å². The van der Waals surface area contributed by atoms with E-state index in [1.54, 1.807) is 43.3 Å². The monoisotopic (exact) mass is 685 g/mol. The highest BCUT2D eigenvalue weighted by Gasteiger charge is 2.35. The number of carbonyl (C=O) groups is 2. The Labute approximate surface area is 279 Å². The Morgan fingerprint density at radius 3 is 2.07 bits per heavy atom. The minimum absolute atomic E-state index is 0.0387. The van der Waals surface area contributed by atoms with Crippen molar-refractivity contribution in [1.82, 2.24) is 10.2 Å². The van der Waals surface area contributed by atoms with Gasteiger partial charge in [0.2, 0.25) is 11.8 Å². The van der Waals surface area contributed by atoms with Crippen molar-refractivity contribution < 1.29 is 18.0 Å². The normalized spacial score (nSPS) is 12.0. The number of nitrogens with one attached hydrogen (secondary N) is 1. The summed E-state index contributed by atoms with van der Waals surface area (Å²) in [5, 5.41) is 3.83. The van der Waals surface area contributed by atoms with Gasteiger partial charge in [0.1, 0.15) is 12.6 Å². The summed E-state index contributed by atoms with van der Waals surface area (Å²) in [6.07, 6.45) is 0.175. The number of hydrogen-bond donors (Lipinski definition) is 1. The van der Waals surface area contributed by atoms with Crippen molar-refractivity contribution in [2.45, 2.75) is 44.7 Å². The molecule has 45 heavy (non-hydrogen) atoms. The van der Waals surface area contributed by atoms with Crippen molar-refractivity contribution >= 4 is 62.3 Å². The standard InChI is InChI=1S/C34H34Cl3N3O4S/c1-4-38-34(42)32(20-25-9-6-5-7-10-25)39(21-29-30(36)11-8-12-31(29)37)33(41)22-40(27-16-13-23(2)24(3)19-27)45(43,44)28-17-14-26(35)15-18-28/h5-19,32H,4,20-22H2,1-3H3,(H,38,42)/t32-/m1/s1. The molecule has 4 aromatic rings. The number of sulfonamides is 1. The number of carbonyl (C=O) groups excluding carboxylic acids is 2. The fraction of sp³-hybridized carbons (Fsp3) is 0.235. The average Bonchev–Trinajstić information content (AvgIpc) is 3.01. The van der Waals surface area contributed by atoms with E-state index in [2.05, 4.69) is 5.32 Å². The van der Waals surface area contributed by atoms with Gasteiger partial charge in [-0.05, 0) is 86.0 Å². The molecule has 7 nitrogen and oxygen atoms in total. The quantitative estimate of drug-likeness (QED) is 0.170. The average molecular weight is 687 g/mol. The van der Waals surface area contributed by atoms with Crippen molar-refractivity contribution in [3.8, 4) is 0 Å². The second-order valence-corrected chi connectivity index (χ2v) is 13.7. The first-order valence-corrected chi connectivity index (χ1v) is 16.9. The maximum atomic E-state index is 14.5. The highest BCUT2D eigenvalue weighted by Crippen LogP contribution is 2.30. The molecule has 4 aromatic carbocycles. The Hall–Kier alpha value is -3.56. The molecule has 0 aromatic heterocycles. The van der Waals surface area contributed by atoms with Crippen LogP contribution in [0.3, 0.4) is 0 Å². The Morgan fingerprint density at radius 2 is 1.47 bits per heavy atom. The molecule has 1 N–H and O–H groups in total. The lowest BCUT2D eigenvalue weighted by atomic mass is 10.0. The van der Waals surface area contributed by atoms with Crippen LogP contribution in [0.4, 0.5) is 5.69 Å². The first-order chi connectivity index (χ1) is 21.4. The zero-order valence-electron chi connectivity index (χ0n) is 25.1. The van der Waals surface area contributed by atoms with Crippen LogP contribution in [-0.2, 0) is 32.6 Å². The van der Waals surface area contributed by atoms with Crippen LogP contribution in [-0.4, -0.2) is 44.3 Å². The second-order valence-electron chi connectivity index (χ2n) is 10.6. The molecule has 0 unspecified atom stereocenters. The van der Waals surface area contributed by atoms with Crippen LogP contribution in [0.25, 0.3) is 0 Å². The van der Waals surface area contributed by atoms with Crippen molar-refractivity contribution in [1.29, 1.82) is 0 Å². The summed E-state index contributed by atoms with van der Waals surface area (Å²) < 4.78 is 29.4. The van der Waals surface area contributed by atoms with E-state index in [1.807, 2.05) is 44.2 Å². The van der Waals surface area contributed by atoms with E-state index < -0.39 is 34.4 Å². The van der Waals surface area contributed by atoms with Crippen LogP contribution in [0.5, 0.6) is 0 Å². The first-order valence-electron chi connectivity index (χ1n) is 14.3. The molecule has 0 radical (unpaired) electrons. The van der Waals surface area contributed by atoms with Crippen molar-refractivity contribution in [3.63, 3.8) is 0 Å². The third kappa shape index (κ3) is 8.38. The predicted octanol–water partition coefficient (Wildman–Crippen LogP) is 7.24. The van der Waals surface area contributed by atoms with Crippen LogP contribution in [0, 0.1) is 13.8 Å². The number of rotatable bonds is 12. The Morgan fingerprint density at radius 1 is 0.822 bits per heavy atom. The van der Waals surface area contributed by atoms with Gasteiger partial charge >= 0.3 is 0 Å². The predicted molar refractivity (Wildman–Crippen MR) is 182 cm³/mol. The van der Waals surface area contributed by atoms with E-state index in [9.17, 15) is 18.0 Å². The SMILES string of the molecule is CCNC(=O)[C@@H](Cc1ccccc1)N(Cc1c(Cl)cccc1Cl)C(=O)CN(c1ccc(C)c(C)c1)S(=O)(=O)c1ccc(Cl)cc1. The molecular formula is C34H34Cl3N3O4S. The van der Waals surface area contributed by atoms with Gasteiger partial charge in [0.05, 0.1) is 10.6 Å². The molecule has 1 atom stereocenters. The Balaban J connectivity index is 1.84. The smallest absolute Gasteiger partial charge is 0.264 e. The molecule has 0 heterocycles. The van der Waals surface area contributed by atoms with Crippen molar-refractivity contribution in [2.24, 2.45) is 0 Å². The van der Waals surface area contributed by atoms with Gasteiger partial charge in [-0.3, -0.25) is 13.9 Å². The third-order valence-electron chi connectivity index (χ3n) is 7.47. The fourth-order valence-electron chi connectivity index (χ4n) is 4.84. The summed E-state index contributed by atoms with van der Waals surface area (Å²) in [7, 11) is -4.26. The zero-order valence-corrected chi connectivity index (χ0v) is 28.2. The molecular weight excluding hydrogens is 653 g/mol. The van der Waals surface area contributed by atoms with Crippen LogP contribution < -0.4 is 9.62 Å². The molecule has 0 aliphatic rings. The lowest BCUT2D eigenvalue weighted by Crippen LogP contribution is -2.53. The van der Waals surface area contributed by atoms with Gasteiger partial charge in [0.25, 0.3) is 10.0 Å². The lowest BCUT2D eigenvalue weighted by Gasteiger charge is -2.34. The molecule has 0 aliphatic heterocycles. The summed E-state index contributed by atoms with van der Waals surface area (Å²) in [6.45, 7) is 5.17. The van der Waals surface area contributed by atoms with Crippen molar-refractivity contribution in [2.75, 3.05) is 17.4 Å². The molecule has 0 fully saturated rings. The number of hydrogen-bond acceptors (Lipinski definition) is 4. The summed E-state index contributed by atoms with van der Waals surface area (Å²) in [4.78, 5) is 29.5. The molecule has 4 rings (SSSR count). The number of benzene rings is 4. The highest BCUT2D eigenvalue weighted by molar-refractivity contribution is 7.92. The molecule has 2 amide bonds. The Bertz CT molecular complexity index is 1750. The van der Waals surface area contributed by atoms with E-state index >= 15 is 0 Å². The summed E-state index contributed by atoms with van der Waals surface area (Å²) in [5.41, 5.74) is 3.37. The van der Waals surface area contributed by atoms with E-state index in [1.165, 1.54) is 29.2 Å². The van der Waals surface area contributed by atoms with Crippen LogP contribution in [0.1, 0.15) is 29.2 Å². The van der Waals surface area contributed by atoms with Gasteiger partial charge in [-0.1, -0.05) is 77.3 Å². The number of anilines is 1. The van der Waals surface area contributed by atoms with E-state index in [0.717, 1.165) is 21.0 Å². The van der Waals surface area contributed by atoms with Gasteiger partial charge in [-0.25, -0.2) is 8.42 Å². The van der Waals surface area contributed by atoms with Crippen molar-refractivity contribution in [3.05, 3.63) is 128 Å². The molecule has 0 bridgehead atoms. The van der Waals surface area contributed by atoms with Gasteiger partial charge in [0, 0.05) is 40.1 Å². The summed E-state index contributed by atoms with van der Waals surface area (Å²) in [6, 6.07) is 24.2. The minimum atomic E-state index is -4.26. The van der Waals surface area contributed by atoms with Gasteiger partial charge in [-0.2, -0.15) is 0 Å². The van der Waals surface area contributed by atoms with E-state index in [4.69, 9.17) is 34.8 Å². The minimum Gasteiger partial charge on any atom is -0.355 e. The van der Waals surface area contributed by atoms with Gasteiger partial charge in [-0.15, -0.1) is 0 Å². The molecule has 0 saturated carbocycles. The number of likely N-dealkylation sites (N-methyl/N-ethyl adjacent to an activating group) is 1. The molecule has 0 spiro atoms. The largest absolute Gasteiger partial charge is 0.355 e. The Kier molecular flexibility index (Phi) is 11.6. The summed E-state index contributed by atoms with van der Waals surface area (Å²) >= 11 is 19.1. The second kappa shape index (κ2) is 15.1. The molecule has 11 heteroatoms. The maximum absolute atomic E-state index is 14.5. The maximum Gasteiger partial charge on any atom is 0.264 e. The van der Waals surface area contributed by atoms with Crippen LogP contribution >= 0.6 is 34.8 Å². The zero-order chi connectivity index (χ0) is 32.7. The van der Waals surface area contributed by atoms with E-state index in [-0.39, 0.29) is 17.9 Å². The number of amides is 2. The first kappa shape index (κ1) is 34.3. The number of nitrogens with zero attached hydrogens (tertiary/aromatic N) is 2. The van der Waals surface area contributed by atoms with E-state index in [0.29, 0.717) is 32.9 Å². The topological polar surface area (TPSA) is 86.8 Å². The lowest BCUT2D eigenvalue weighted by molar-refractivity contribution is -0.140. The van der Waals surface area contributed by atoms with Gasteiger partial charge < -0.3 is 10.2 Å². The molecule has 0 saturated heterocycles. The highest BCUT2D eigenvalue weighted by atomic mass is 35.5. The molecule has 236 valence electrons. The fourth-order valence-corrected chi connectivity index (χ4v) is 6.89. The summed E-state index contributed by atoms with van der Waals surface area (Å²) in [5.74, 6) is -1.01. The van der Waals surface area contributed by atoms with Gasteiger partial charge in [0.15, 0.2) is 0 Å². The third-order valence-corrected chi connectivity index (χ3v) is 10.2. The number of aryl methyl sites for hydroxylation is 2. The van der Waals surface area contributed by atoms with Crippen LogP contribution in [0.2, 0.25) is 15.1 Å². The molecule has 0 aliphatic carbocycles.